The minimum atomic E-state index is 0.110. The number of hydrogen-bond acceptors (Lipinski definition) is 0. The van der Waals surface area contributed by atoms with E-state index in [0.717, 1.165) is 5.69 Å². The second-order valence-electron chi connectivity index (χ2n) is 2.63. The van der Waals surface area contributed by atoms with Crippen molar-refractivity contribution in [3.05, 3.63) is 29.6 Å². The average molecular weight is 170 g/mol. The Balaban J connectivity index is 2.74. The number of hydrogen-bond donors (Lipinski definition) is 1. The highest BCUT2D eigenvalue weighted by molar-refractivity contribution is 6.22. The summed E-state index contributed by atoms with van der Waals surface area (Å²) in [5.74, 6) is 0. The van der Waals surface area contributed by atoms with Gasteiger partial charge < -0.3 is 4.98 Å². The first-order valence-corrected chi connectivity index (χ1v) is 4.09. The van der Waals surface area contributed by atoms with Gasteiger partial charge in [0.2, 0.25) is 0 Å². The van der Waals surface area contributed by atoms with Crippen molar-refractivity contribution in [3.63, 3.8) is 0 Å². The standard InChI is InChI=1S/C9H12ClN/c1-7(8(2)10)6-9-4-3-5-11-9/h3-6,8,11H,1-2H3/b7-6+. The normalized spacial score (nSPS) is 15.0. The van der Waals surface area contributed by atoms with Gasteiger partial charge in [-0.05, 0) is 32.1 Å². The van der Waals surface area contributed by atoms with Crippen LogP contribution in [-0.2, 0) is 0 Å². The highest BCUT2D eigenvalue weighted by Gasteiger charge is 1.97. The largest absolute Gasteiger partial charge is 0.362 e. The third-order valence-corrected chi connectivity index (χ3v) is 1.98. The highest BCUT2D eigenvalue weighted by Crippen LogP contribution is 2.11. The molecule has 1 N–H and O–H groups in total. The molecule has 1 nitrogen and oxygen atoms in total. The number of rotatable bonds is 2. The summed E-state index contributed by atoms with van der Waals surface area (Å²) in [5, 5.41) is 0.110. The van der Waals surface area contributed by atoms with Gasteiger partial charge in [0.15, 0.2) is 0 Å². The molecule has 0 saturated heterocycles. The van der Waals surface area contributed by atoms with Crippen LogP contribution in [0.25, 0.3) is 6.08 Å². The lowest BCUT2D eigenvalue weighted by Gasteiger charge is -2.00. The number of H-pyrrole nitrogens is 1. The summed E-state index contributed by atoms with van der Waals surface area (Å²) < 4.78 is 0. The summed E-state index contributed by atoms with van der Waals surface area (Å²) in [6.07, 6.45) is 3.95. The van der Waals surface area contributed by atoms with Crippen LogP contribution in [-0.4, -0.2) is 10.4 Å². The lowest BCUT2D eigenvalue weighted by atomic mass is 10.2. The third kappa shape index (κ3) is 2.43. The number of alkyl halides is 1. The highest BCUT2D eigenvalue weighted by atomic mass is 35.5. The van der Waals surface area contributed by atoms with Crippen molar-refractivity contribution in [3.8, 4) is 0 Å². The van der Waals surface area contributed by atoms with Crippen LogP contribution < -0.4 is 0 Å². The first-order chi connectivity index (χ1) is 5.20. The Morgan fingerprint density at radius 1 is 1.73 bits per heavy atom. The average Bonchev–Trinajstić information content (AvgIpc) is 2.39. The number of aromatic amines is 1. The predicted octanol–water partition coefficient (Wildman–Crippen LogP) is 3.05. The molecule has 1 heterocycles. The first kappa shape index (κ1) is 8.41. The summed E-state index contributed by atoms with van der Waals surface area (Å²) in [5.41, 5.74) is 2.28. The van der Waals surface area contributed by atoms with Gasteiger partial charge >= 0.3 is 0 Å². The van der Waals surface area contributed by atoms with Crippen LogP contribution in [0.15, 0.2) is 23.9 Å². The fourth-order valence-corrected chi connectivity index (χ4v) is 0.857. The van der Waals surface area contributed by atoms with Crippen LogP contribution in [0, 0.1) is 0 Å². The van der Waals surface area contributed by atoms with Gasteiger partial charge in [0.1, 0.15) is 0 Å². The van der Waals surface area contributed by atoms with Crippen molar-refractivity contribution >= 4 is 17.7 Å². The van der Waals surface area contributed by atoms with Gasteiger partial charge in [-0.15, -0.1) is 11.6 Å². The summed E-state index contributed by atoms with van der Waals surface area (Å²) in [4.78, 5) is 3.09. The molecule has 1 unspecified atom stereocenters. The molecule has 0 aliphatic rings. The zero-order chi connectivity index (χ0) is 8.27. The van der Waals surface area contributed by atoms with Crippen molar-refractivity contribution < 1.29 is 0 Å². The summed E-state index contributed by atoms with van der Waals surface area (Å²) in [7, 11) is 0. The SMILES string of the molecule is C/C(=C\c1ccc[nH]1)C(C)Cl. The quantitative estimate of drug-likeness (QED) is 0.656. The molecule has 1 atom stereocenters. The van der Waals surface area contributed by atoms with E-state index in [1.807, 2.05) is 32.2 Å². The molecule has 0 aliphatic carbocycles. The Morgan fingerprint density at radius 3 is 2.91 bits per heavy atom. The fraction of sp³-hybridized carbons (Fsp3) is 0.333. The Labute approximate surface area is 72.1 Å². The molecule has 1 rings (SSSR count). The molecule has 0 aromatic carbocycles. The topological polar surface area (TPSA) is 15.8 Å². The van der Waals surface area contributed by atoms with E-state index in [4.69, 9.17) is 11.6 Å². The van der Waals surface area contributed by atoms with Gasteiger partial charge in [-0.2, -0.15) is 0 Å². The lowest BCUT2D eigenvalue weighted by molar-refractivity contribution is 1.12. The third-order valence-electron chi connectivity index (χ3n) is 1.63. The monoisotopic (exact) mass is 169 g/mol. The first-order valence-electron chi connectivity index (χ1n) is 3.66. The van der Waals surface area contributed by atoms with Crippen molar-refractivity contribution in [2.24, 2.45) is 0 Å². The van der Waals surface area contributed by atoms with Crippen molar-refractivity contribution in [1.29, 1.82) is 0 Å². The van der Waals surface area contributed by atoms with Crippen LogP contribution in [0.1, 0.15) is 19.5 Å². The molecular formula is C9H12ClN. The maximum absolute atomic E-state index is 5.86. The Morgan fingerprint density at radius 2 is 2.45 bits per heavy atom. The molecule has 0 bridgehead atoms. The van der Waals surface area contributed by atoms with E-state index in [-0.39, 0.29) is 5.38 Å². The minimum Gasteiger partial charge on any atom is -0.362 e. The van der Waals surface area contributed by atoms with Crippen LogP contribution in [0.5, 0.6) is 0 Å². The smallest absolute Gasteiger partial charge is 0.0518 e. The van der Waals surface area contributed by atoms with Crippen LogP contribution in [0.4, 0.5) is 0 Å². The van der Waals surface area contributed by atoms with E-state index in [1.165, 1.54) is 5.57 Å². The van der Waals surface area contributed by atoms with Gasteiger partial charge in [-0.25, -0.2) is 0 Å². The minimum absolute atomic E-state index is 0.110. The Bertz CT molecular complexity index is 234. The Kier molecular flexibility index (Phi) is 2.77. The molecule has 0 saturated carbocycles. The summed E-state index contributed by atoms with van der Waals surface area (Å²) >= 11 is 5.86. The molecule has 2 heteroatoms. The van der Waals surface area contributed by atoms with Crippen molar-refractivity contribution in [2.75, 3.05) is 0 Å². The van der Waals surface area contributed by atoms with E-state index in [9.17, 15) is 0 Å². The fourth-order valence-electron chi connectivity index (χ4n) is 0.794. The molecule has 11 heavy (non-hydrogen) atoms. The van der Waals surface area contributed by atoms with Crippen molar-refractivity contribution in [1.82, 2.24) is 4.98 Å². The number of nitrogens with one attached hydrogen (secondary N) is 1. The van der Waals surface area contributed by atoms with E-state index < -0.39 is 0 Å². The molecule has 0 radical (unpaired) electrons. The van der Waals surface area contributed by atoms with Crippen LogP contribution in [0.2, 0.25) is 0 Å². The predicted molar refractivity (Wildman–Crippen MR) is 49.8 cm³/mol. The lowest BCUT2D eigenvalue weighted by Crippen LogP contribution is -1.91. The molecule has 0 amide bonds. The van der Waals surface area contributed by atoms with E-state index in [0.29, 0.717) is 0 Å². The number of aromatic nitrogens is 1. The zero-order valence-corrected chi connectivity index (χ0v) is 7.52. The van der Waals surface area contributed by atoms with Crippen LogP contribution >= 0.6 is 11.6 Å². The van der Waals surface area contributed by atoms with Crippen LogP contribution in [0.3, 0.4) is 0 Å². The number of halogens is 1. The van der Waals surface area contributed by atoms with Gasteiger partial charge in [0, 0.05) is 11.9 Å². The van der Waals surface area contributed by atoms with Gasteiger partial charge in [-0.1, -0.05) is 5.57 Å². The van der Waals surface area contributed by atoms with Gasteiger partial charge in [0.25, 0.3) is 0 Å². The molecule has 1 aromatic heterocycles. The second-order valence-corrected chi connectivity index (χ2v) is 3.28. The molecule has 1 aromatic rings. The summed E-state index contributed by atoms with van der Waals surface area (Å²) in [6.45, 7) is 3.99. The summed E-state index contributed by atoms with van der Waals surface area (Å²) in [6, 6.07) is 3.99. The van der Waals surface area contributed by atoms with E-state index >= 15 is 0 Å². The Hall–Kier alpha value is -0.690. The van der Waals surface area contributed by atoms with Crippen molar-refractivity contribution in [2.45, 2.75) is 19.2 Å². The van der Waals surface area contributed by atoms with E-state index in [1.54, 1.807) is 0 Å². The van der Waals surface area contributed by atoms with E-state index in [2.05, 4.69) is 11.1 Å². The van der Waals surface area contributed by atoms with Gasteiger partial charge in [-0.3, -0.25) is 0 Å². The molecular weight excluding hydrogens is 158 g/mol. The second kappa shape index (κ2) is 3.63. The molecule has 60 valence electrons. The maximum atomic E-state index is 5.86. The molecule has 0 fully saturated rings. The molecule has 0 aliphatic heterocycles. The van der Waals surface area contributed by atoms with Gasteiger partial charge in [0.05, 0.1) is 5.38 Å². The maximum Gasteiger partial charge on any atom is 0.0518 e. The molecule has 0 spiro atoms. The number of allylic oxidation sites excluding steroid dienone is 1. The zero-order valence-electron chi connectivity index (χ0n) is 6.76.